The zero-order valence-electron chi connectivity index (χ0n) is 13.1. The van der Waals surface area contributed by atoms with Crippen LogP contribution in [0.25, 0.3) is 0 Å². The number of carbonyl (C=O) groups excluding carboxylic acids is 2. The summed E-state index contributed by atoms with van der Waals surface area (Å²) in [6.45, 7) is 7.67. The molecular formula is C16H25N3O2. The van der Waals surface area contributed by atoms with Gasteiger partial charge in [0.1, 0.15) is 0 Å². The maximum atomic E-state index is 12.0. The van der Waals surface area contributed by atoms with Crippen molar-refractivity contribution >= 4 is 17.5 Å². The van der Waals surface area contributed by atoms with Gasteiger partial charge in [-0.3, -0.25) is 9.59 Å². The van der Waals surface area contributed by atoms with Gasteiger partial charge in [-0.2, -0.15) is 0 Å². The SMILES string of the molecule is CCN(CC)CCCNC(=O)C(=O)N(C)c1ccccc1. The van der Waals surface area contributed by atoms with Crippen LogP contribution in [-0.2, 0) is 9.59 Å². The maximum Gasteiger partial charge on any atom is 0.316 e. The van der Waals surface area contributed by atoms with Crippen molar-refractivity contribution in [1.29, 1.82) is 0 Å². The lowest BCUT2D eigenvalue weighted by Gasteiger charge is -2.18. The molecule has 5 nitrogen and oxygen atoms in total. The number of likely N-dealkylation sites (N-methyl/N-ethyl adjacent to an activating group) is 1. The van der Waals surface area contributed by atoms with Crippen LogP contribution < -0.4 is 10.2 Å². The van der Waals surface area contributed by atoms with Gasteiger partial charge in [-0.25, -0.2) is 0 Å². The minimum Gasteiger partial charge on any atom is -0.348 e. The van der Waals surface area contributed by atoms with Crippen LogP contribution in [0.4, 0.5) is 5.69 Å². The number of hydrogen-bond donors (Lipinski definition) is 1. The lowest BCUT2D eigenvalue weighted by molar-refractivity contribution is -0.137. The van der Waals surface area contributed by atoms with Gasteiger partial charge in [0.25, 0.3) is 0 Å². The van der Waals surface area contributed by atoms with E-state index in [1.165, 1.54) is 4.90 Å². The largest absolute Gasteiger partial charge is 0.348 e. The van der Waals surface area contributed by atoms with Gasteiger partial charge >= 0.3 is 11.8 Å². The van der Waals surface area contributed by atoms with E-state index < -0.39 is 11.8 Å². The summed E-state index contributed by atoms with van der Waals surface area (Å²) in [6.07, 6.45) is 0.843. The quantitative estimate of drug-likeness (QED) is 0.612. The molecule has 0 bridgehead atoms. The molecule has 1 aromatic carbocycles. The molecule has 0 aliphatic rings. The fraction of sp³-hybridized carbons (Fsp3) is 0.500. The standard InChI is InChI=1S/C16H25N3O2/c1-4-19(5-2)13-9-12-17-15(20)16(21)18(3)14-10-7-6-8-11-14/h6-8,10-11H,4-5,9,12-13H2,1-3H3,(H,17,20). The molecule has 0 atom stereocenters. The number of para-hydroxylation sites is 1. The first-order valence-corrected chi connectivity index (χ1v) is 7.43. The zero-order chi connectivity index (χ0) is 15.7. The van der Waals surface area contributed by atoms with Crippen LogP contribution in [0, 0.1) is 0 Å². The summed E-state index contributed by atoms with van der Waals surface area (Å²) in [4.78, 5) is 27.5. The molecule has 21 heavy (non-hydrogen) atoms. The predicted octanol–water partition coefficient (Wildman–Crippen LogP) is 1.50. The summed E-state index contributed by atoms with van der Waals surface area (Å²) >= 11 is 0. The van der Waals surface area contributed by atoms with Crippen molar-refractivity contribution in [3.63, 3.8) is 0 Å². The van der Waals surface area contributed by atoms with E-state index in [-0.39, 0.29) is 0 Å². The summed E-state index contributed by atoms with van der Waals surface area (Å²) in [7, 11) is 1.60. The summed E-state index contributed by atoms with van der Waals surface area (Å²) in [5.41, 5.74) is 0.709. The predicted molar refractivity (Wildman–Crippen MR) is 85.3 cm³/mol. The molecule has 1 aromatic rings. The highest BCUT2D eigenvalue weighted by molar-refractivity contribution is 6.40. The third-order valence-electron chi connectivity index (χ3n) is 3.47. The van der Waals surface area contributed by atoms with E-state index in [0.29, 0.717) is 12.2 Å². The van der Waals surface area contributed by atoms with Crippen LogP contribution in [-0.4, -0.2) is 49.9 Å². The molecule has 116 valence electrons. The van der Waals surface area contributed by atoms with Gasteiger partial charge in [-0.05, 0) is 38.2 Å². The highest BCUT2D eigenvalue weighted by Crippen LogP contribution is 2.10. The van der Waals surface area contributed by atoms with Gasteiger partial charge in [0.2, 0.25) is 0 Å². The number of amides is 2. The number of carbonyl (C=O) groups is 2. The first-order valence-electron chi connectivity index (χ1n) is 7.43. The number of rotatable bonds is 7. The van der Waals surface area contributed by atoms with E-state index in [4.69, 9.17) is 0 Å². The average Bonchev–Trinajstić information content (AvgIpc) is 2.54. The summed E-state index contributed by atoms with van der Waals surface area (Å²) in [6, 6.07) is 9.13. The molecule has 0 aliphatic heterocycles. The zero-order valence-corrected chi connectivity index (χ0v) is 13.1. The van der Waals surface area contributed by atoms with Gasteiger partial charge in [0, 0.05) is 19.3 Å². The van der Waals surface area contributed by atoms with Gasteiger partial charge in [-0.1, -0.05) is 32.0 Å². The minimum absolute atomic E-state index is 0.518. The van der Waals surface area contributed by atoms with Crippen molar-refractivity contribution in [3.05, 3.63) is 30.3 Å². The lowest BCUT2D eigenvalue weighted by atomic mass is 10.3. The van der Waals surface area contributed by atoms with Crippen molar-refractivity contribution in [1.82, 2.24) is 10.2 Å². The second-order valence-corrected chi connectivity index (χ2v) is 4.84. The molecule has 5 heteroatoms. The molecule has 0 aromatic heterocycles. The molecule has 0 saturated carbocycles. The molecule has 0 radical (unpaired) electrons. The molecule has 0 saturated heterocycles. The van der Waals surface area contributed by atoms with Crippen LogP contribution in [0.1, 0.15) is 20.3 Å². The highest BCUT2D eigenvalue weighted by atomic mass is 16.2. The maximum absolute atomic E-state index is 12.0. The molecule has 1 N–H and O–H groups in total. The number of nitrogens with zero attached hydrogens (tertiary/aromatic N) is 2. The molecule has 0 spiro atoms. The Hall–Kier alpha value is -1.88. The normalized spacial score (nSPS) is 10.5. The Kier molecular flexibility index (Phi) is 7.46. The van der Waals surface area contributed by atoms with Crippen LogP contribution in [0.2, 0.25) is 0 Å². The fourth-order valence-electron chi connectivity index (χ4n) is 2.04. The molecular weight excluding hydrogens is 266 g/mol. The summed E-state index contributed by atoms with van der Waals surface area (Å²) in [5, 5.41) is 2.68. The smallest absolute Gasteiger partial charge is 0.316 e. The average molecular weight is 291 g/mol. The minimum atomic E-state index is -0.555. The fourth-order valence-corrected chi connectivity index (χ4v) is 2.04. The topological polar surface area (TPSA) is 52.7 Å². The van der Waals surface area contributed by atoms with Crippen molar-refractivity contribution in [2.75, 3.05) is 38.1 Å². The molecule has 2 amide bonds. The second-order valence-electron chi connectivity index (χ2n) is 4.84. The highest BCUT2D eigenvalue weighted by Gasteiger charge is 2.19. The second kappa shape index (κ2) is 9.13. The number of hydrogen-bond acceptors (Lipinski definition) is 3. The van der Waals surface area contributed by atoms with Crippen molar-refractivity contribution < 1.29 is 9.59 Å². The third-order valence-corrected chi connectivity index (χ3v) is 3.47. The molecule has 0 aliphatic carbocycles. The molecule has 0 fully saturated rings. The Morgan fingerprint density at radius 1 is 1.10 bits per heavy atom. The molecule has 0 heterocycles. The van der Waals surface area contributed by atoms with Crippen LogP contribution in [0.3, 0.4) is 0 Å². The first-order chi connectivity index (χ1) is 10.1. The van der Waals surface area contributed by atoms with Crippen molar-refractivity contribution in [2.45, 2.75) is 20.3 Å². The van der Waals surface area contributed by atoms with Gasteiger partial charge < -0.3 is 15.1 Å². The Morgan fingerprint density at radius 2 is 1.71 bits per heavy atom. The summed E-state index contributed by atoms with van der Waals surface area (Å²) < 4.78 is 0. The number of anilines is 1. The molecule has 1 rings (SSSR count). The summed E-state index contributed by atoms with van der Waals surface area (Å²) in [5.74, 6) is -1.09. The van der Waals surface area contributed by atoms with E-state index >= 15 is 0 Å². The number of benzene rings is 1. The van der Waals surface area contributed by atoms with E-state index in [9.17, 15) is 9.59 Å². The van der Waals surface area contributed by atoms with Crippen LogP contribution in [0.15, 0.2) is 30.3 Å². The van der Waals surface area contributed by atoms with Crippen LogP contribution >= 0.6 is 0 Å². The van der Waals surface area contributed by atoms with E-state index in [2.05, 4.69) is 24.1 Å². The Bertz CT molecular complexity index is 444. The Morgan fingerprint density at radius 3 is 2.29 bits per heavy atom. The Labute approximate surface area is 126 Å². The van der Waals surface area contributed by atoms with E-state index in [1.54, 1.807) is 19.2 Å². The first kappa shape index (κ1) is 17.2. The van der Waals surface area contributed by atoms with E-state index in [1.807, 2.05) is 18.2 Å². The van der Waals surface area contributed by atoms with Gasteiger partial charge in [0.15, 0.2) is 0 Å². The van der Waals surface area contributed by atoms with Gasteiger partial charge in [0.05, 0.1) is 0 Å². The monoisotopic (exact) mass is 291 g/mol. The van der Waals surface area contributed by atoms with Crippen molar-refractivity contribution in [3.8, 4) is 0 Å². The third kappa shape index (κ3) is 5.55. The molecule has 0 unspecified atom stereocenters. The number of nitrogens with one attached hydrogen (secondary N) is 1. The lowest BCUT2D eigenvalue weighted by Crippen LogP contribution is -2.42. The van der Waals surface area contributed by atoms with Gasteiger partial charge in [-0.15, -0.1) is 0 Å². The van der Waals surface area contributed by atoms with Crippen LogP contribution in [0.5, 0.6) is 0 Å². The Balaban J connectivity index is 2.36. The van der Waals surface area contributed by atoms with E-state index in [0.717, 1.165) is 26.1 Å². The van der Waals surface area contributed by atoms with Crippen molar-refractivity contribution in [2.24, 2.45) is 0 Å².